The first-order valence-electron chi connectivity index (χ1n) is 9.15. The Hall–Kier alpha value is -4.27. The van der Waals surface area contributed by atoms with Crippen LogP contribution in [0.1, 0.15) is 21.7 Å². The zero-order chi connectivity index (χ0) is 21.1. The Bertz CT molecular complexity index is 1180. The van der Waals surface area contributed by atoms with E-state index in [2.05, 4.69) is 20.1 Å². The van der Waals surface area contributed by atoms with Crippen molar-refractivity contribution in [2.24, 2.45) is 0 Å². The summed E-state index contributed by atoms with van der Waals surface area (Å²) >= 11 is 0. The second-order valence-electron chi connectivity index (χ2n) is 6.53. The number of anilines is 2. The van der Waals surface area contributed by atoms with Crippen molar-refractivity contribution in [2.75, 3.05) is 11.5 Å². The van der Waals surface area contributed by atoms with E-state index in [1.807, 2.05) is 61.5 Å². The van der Waals surface area contributed by atoms with Crippen LogP contribution in [0.3, 0.4) is 0 Å². The quantitative estimate of drug-likeness (QED) is 0.487. The van der Waals surface area contributed by atoms with Gasteiger partial charge in [0.2, 0.25) is 11.9 Å². The summed E-state index contributed by atoms with van der Waals surface area (Å²) < 4.78 is 7.07. The average Bonchev–Trinajstić information content (AvgIpc) is 3.18. The van der Waals surface area contributed by atoms with Crippen molar-refractivity contribution in [1.82, 2.24) is 24.7 Å². The van der Waals surface area contributed by atoms with E-state index in [0.717, 1.165) is 16.8 Å². The summed E-state index contributed by atoms with van der Waals surface area (Å²) in [4.78, 5) is 24.5. The fourth-order valence-electron chi connectivity index (χ4n) is 3.00. The summed E-state index contributed by atoms with van der Waals surface area (Å²) in [6.07, 6.45) is 1.65. The van der Waals surface area contributed by atoms with Gasteiger partial charge in [-0.15, -0.1) is 0 Å². The summed E-state index contributed by atoms with van der Waals surface area (Å²) in [5, 5.41) is 4.65. The summed E-state index contributed by atoms with van der Waals surface area (Å²) in [7, 11) is 0. The van der Waals surface area contributed by atoms with Crippen LogP contribution in [-0.2, 0) is 11.3 Å². The molecule has 4 N–H and O–H groups in total. The van der Waals surface area contributed by atoms with Gasteiger partial charge in [-0.3, -0.25) is 0 Å². The van der Waals surface area contributed by atoms with Crippen LogP contribution in [0.4, 0.5) is 11.9 Å². The molecule has 2 heterocycles. The molecule has 0 bridgehead atoms. The first kappa shape index (κ1) is 19.1. The normalized spacial score (nSPS) is 10.7. The zero-order valence-corrected chi connectivity index (χ0v) is 16.2. The summed E-state index contributed by atoms with van der Waals surface area (Å²) in [6.45, 7) is 1.77. The molecule has 0 saturated heterocycles. The third-order valence-corrected chi connectivity index (χ3v) is 4.40. The maximum Gasteiger partial charge on any atom is 0.342 e. The number of nitrogen functional groups attached to an aromatic ring is 2. The Kier molecular flexibility index (Phi) is 5.08. The molecule has 9 heteroatoms. The van der Waals surface area contributed by atoms with Crippen molar-refractivity contribution in [3.63, 3.8) is 0 Å². The van der Waals surface area contributed by atoms with Gasteiger partial charge in [0.05, 0.1) is 5.69 Å². The maximum atomic E-state index is 12.9. The number of para-hydroxylation sites is 1. The lowest BCUT2D eigenvalue weighted by atomic mass is 10.0. The second kappa shape index (κ2) is 8.00. The highest BCUT2D eigenvalue weighted by atomic mass is 16.5. The first-order chi connectivity index (χ1) is 14.5. The smallest absolute Gasteiger partial charge is 0.342 e. The van der Waals surface area contributed by atoms with E-state index in [-0.39, 0.29) is 24.3 Å². The van der Waals surface area contributed by atoms with Gasteiger partial charge in [0.15, 0.2) is 12.4 Å². The minimum absolute atomic E-state index is 0.0361. The van der Waals surface area contributed by atoms with Crippen molar-refractivity contribution in [3.8, 4) is 16.9 Å². The fourth-order valence-corrected chi connectivity index (χ4v) is 3.00. The van der Waals surface area contributed by atoms with Crippen LogP contribution >= 0.6 is 0 Å². The van der Waals surface area contributed by atoms with Gasteiger partial charge >= 0.3 is 5.97 Å². The SMILES string of the molecule is Cc1ccccc1-c1nn(-c2ccccc2)cc1C(=O)OCc1nc(N)nc(N)n1. The van der Waals surface area contributed by atoms with Gasteiger partial charge in [0.1, 0.15) is 11.3 Å². The molecule has 150 valence electrons. The average molecular weight is 401 g/mol. The number of esters is 1. The van der Waals surface area contributed by atoms with Crippen LogP contribution in [0.5, 0.6) is 0 Å². The van der Waals surface area contributed by atoms with E-state index in [1.165, 1.54) is 0 Å². The molecule has 0 saturated carbocycles. The number of carbonyl (C=O) groups is 1. The number of rotatable bonds is 5. The number of nitrogens with zero attached hydrogens (tertiary/aromatic N) is 5. The minimum Gasteiger partial charge on any atom is -0.454 e. The molecule has 0 atom stereocenters. The highest BCUT2D eigenvalue weighted by Crippen LogP contribution is 2.27. The minimum atomic E-state index is -0.562. The van der Waals surface area contributed by atoms with Gasteiger partial charge in [-0.2, -0.15) is 20.1 Å². The molecule has 9 nitrogen and oxygen atoms in total. The van der Waals surface area contributed by atoms with Crippen LogP contribution in [0.15, 0.2) is 60.8 Å². The Morgan fingerprint density at radius 1 is 0.967 bits per heavy atom. The highest BCUT2D eigenvalue weighted by Gasteiger charge is 2.21. The number of benzene rings is 2. The number of ether oxygens (including phenoxy) is 1. The van der Waals surface area contributed by atoms with E-state index in [4.69, 9.17) is 16.2 Å². The number of hydrogen-bond acceptors (Lipinski definition) is 8. The number of carbonyl (C=O) groups excluding carboxylic acids is 1. The largest absolute Gasteiger partial charge is 0.454 e. The molecule has 0 fully saturated rings. The Balaban J connectivity index is 1.69. The number of nitrogens with two attached hydrogens (primary N) is 2. The van der Waals surface area contributed by atoms with E-state index in [9.17, 15) is 4.79 Å². The van der Waals surface area contributed by atoms with Gasteiger partial charge < -0.3 is 16.2 Å². The Labute approximate surface area is 172 Å². The third kappa shape index (κ3) is 3.95. The van der Waals surface area contributed by atoms with Crippen molar-refractivity contribution < 1.29 is 9.53 Å². The molecule has 0 aliphatic rings. The van der Waals surface area contributed by atoms with Crippen molar-refractivity contribution in [1.29, 1.82) is 0 Å². The molecule has 2 aromatic heterocycles. The predicted molar refractivity (Wildman–Crippen MR) is 112 cm³/mol. The molecule has 0 spiro atoms. The number of hydrogen-bond donors (Lipinski definition) is 2. The second-order valence-corrected chi connectivity index (χ2v) is 6.53. The molecule has 0 unspecified atom stereocenters. The predicted octanol–water partition coefficient (Wildman–Crippen LogP) is 2.55. The molecule has 30 heavy (non-hydrogen) atoms. The van der Waals surface area contributed by atoms with Gasteiger partial charge in [0.25, 0.3) is 0 Å². The molecular formula is C21H19N7O2. The van der Waals surface area contributed by atoms with E-state index in [0.29, 0.717) is 11.3 Å². The third-order valence-electron chi connectivity index (χ3n) is 4.40. The lowest BCUT2D eigenvalue weighted by molar-refractivity contribution is 0.0463. The molecule has 4 rings (SSSR count). The van der Waals surface area contributed by atoms with Crippen LogP contribution in [0.2, 0.25) is 0 Å². The molecule has 4 aromatic rings. The standard InChI is InChI=1S/C21H19N7O2/c1-13-7-5-6-10-15(13)18-16(11-28(27-18)14-8-3-2-4-9-14)19(29)30-12-17-24-20(22)26-21(23)25-17/h2-11H,12H2,1H3,(H4,22,23,24,25,26). The summed E-state index contributed by atoms with van der Waals surface area (Å²) in [5.74, 6) is -0.466. The summed E-state index contributed by atoms with van der Waals surface area (Å²) in [6, 6.07) is 17.2. The molecule has 2 aromatic carbocycles. The molecule has 0 aliphatic heterocycles. The Morgan fingerprint density at radius 2 is 1.63 bits per heavy atom. The zero-order valence-electron chi connectivity index (χ0n) is 16.2. The van der Waals surface area contributed by atoms with Crippen molar-refractivity contribution in [2.45, 2.75) is 13.5 Å². The van der Waals surface area contributed by atoms with Crippen molar-refractivity contribution >= 4 is 17.9 Å². The lowest BCUT2D eigenvalue weighted by Crippen LogP contribution is -2.11. The van der Waals surface area contributed by atoms with Crippen molar-refractivity contribution in [3.05, 3.63) is 77.7 Å². The Morgan fingerprint density at radius 3 is 2.33 bits per heavy atom. The topological polar surface area (TPSA) is 135 Å². The highest BCUT2D eigenvalue weighted by molar-refractivity contribution is 5.96. The van der Waals surface area contributed by atoms with Gasteiger partial charge in [-0.05, 0) is 24.6 Å². The van der Waals surface area contributed by atoms with Crippen LogP contribution in [0.25, 0.3) is 16.9 Å². The van der Waals surface area contributed by atoms with Gasteiger partial charge in [0, 0.05) is 11.8 Å². The van der Waals surface area contributed by atoms with Gasteiger partial charge in [-0.25, -0.2) is 9.48 Å². The first-order valence-corrected chi connectivity index (χ1v) is 9.15. The molecule has 0 aliphatic carbocycles. The van der Waals surface area contributed by atoms with Crippen LogP contribution in [0, 0.1) is 6.92 Å². The molecule has 0 radical (unpaired) electrons. The van der Waals surface area contributed by atoms with Crippen LogP contribution < -0.4 is 11.5 Å². The monoisotopic (exact) mass is 401 g/mol. The van der Waals surface area contributed by atoms with E-state index < -0.39 is 5.97 Å². The number of aromatic nitrogens is 5. The van der Waals surface area contributed by atoms with Gasteiger partial charge in [-0.1, -0.05) is 42.5 Å². The fraction of sp³-hybridized carbons (Fsp3) is 0.0952. The maximum absolute atomic E-state index is 12.9. The van der Waals surface area contributed by atoms with E-state index in [1.54, 1.807) is 10.9 Å². The van der Waals surface area contributed by atoms with Crippen LogP contribution in [-0.4, -0.2) is 30.7 Å². The molecule has 0 amide bonds. The molecular weight excluding hydrogens is 382 g/mol. The number of aryl methyl sites for hydroxylation is 1. The summed E-state index contributed by atoms with van der Waals surface area (Å²) in [5.41, 5.74) is 14.6. The van der Waals surface area contributed by atoms with E-state index >= 15 is 0 Å². The lowest BCUT2D eigenvalue weighted by Gasteiger charge is -2.06.